The summed E-state index contributed by atoms with van der Waals surface area (Å²) < 4.78 is 10.3. The Morgan fingerprint density at radius 1 is 1.27 bits per heavy atom. The van der Waals surface area contributed by atoms with E-state index in [-0.39, 0.29) is 17.9 Å². The van der Waals surface area contributed by atoms with Crippen molar-refractivity contribution in [2.45, 2.75) is 52.2 Å². The topological polar surface area (TPSA) is 64.6 Å². The third kappa shape index (κ3) is 4.37. The predicted octanol–water partition coefficient (Wildman–Crippen LogP) is 2.63. The molecule has 0 aromatic rings. The molecule has 2 aliphatic carbocycles. The van der Waals surface area contributed by atoms with Crippen molar-refractivity contribution in [3.63, 3.8) is 0 Å². The molecule has 2 atom stereocenters. The quantitative estimate of drug-likeness (QED) is 0.811. The van der Waals surface area contributed by atoms with Gasteiger partial charge in [-0.15, -0.1) is 0 Å². The monoisotopic (exact) mass is 306 g/mol. The Kier molecular flexibility index (Phi) is 5.35. The van der Waals surface area contributed by atoms with Crippen molar-refractivity contribution < 1.29 is 19.1 Å². The highest BCUT2D eigenvalue weighted by molar-refractivity contribution is 5.73. The van der Waals surface area contributed by atoms with Crippen LogP contribution in [-0.4, -0.2) is 30.3 Å². The molecule has 0 aromatic heterocycles. The van der Waals surface area contributed by atoms with Crippen LogP contribution in [0.25, 0.3) is 0 Å². The van der Waals surface area contributed by atoms with Gasteiger partial charge in [-0.25, -0.2) is 4.79 Å². The molecule has 0 saturated heterocycles. The molecule has 2 saturated carbocycles. The summed E-state index contributed by atoms with van der Waals surface area (Å²) in [5, 5.41) is 2.90. The molecule has 0 unspecified atom stereocenters. The lowest BCUT2D eigenvalue weighted by Gasteiger charge is -2.23. The lowest BCUT2D eigenvalue weighted by Crippen LogP contribution is -2.40. The lowest BCUT2D eigenvalue weighted by atomic mass is 9.89. The van der Waals surface area contributed by atoms with Gasteiger partial charge in [-0.2, -0.15) is 0 Å². The van der Waals surface area contributed by atoms with Gasteiger partial charge in [-0.3, -0.25) is 4.79 Å². The maximum atomic E-state index is 12.0. The number of esters is 1. The fraction of sp³-hybridized carbons (Fsp3) is 0.588. The highest BCUT2D eigenvalue weighted by Gasteiger charge is 2.48. The van der Waals surface area contributed by atoms with E-state index >= 15 is 0 Å². The minimum absolute atomic E-state index is 0.0870. The van der Waals surface area contributed by atoms with Crippen molar-refractivity contribution in [2.75, 3.05) is 6.61 Å². The Balaban J connectivity index is 1.93. The number of hydrogen-bond donors (Lipinski definition) is 1. The molecule has 5 heteroatoms. The van der Waals surface area contributed by atoms with Gasteiger partial charge in [0.05, 0.1) is 6.61 Å². The van der Waals surface area contributed by atoms with Gasteiger partial charge in [0.2, 0.25) is 0 Å². The van der Waals surface area contributed by atoms with Crippen LogP contribution in [0, 0.1) is 37.0 Å². The Hall–Kier alpha value is -1.26. The molecule has 22 heavy (non-hydrogen) atoms. The second-order valence-corrected chi connectivity index (χ2v) is 6.58. The summed E-state index contributed by atoms with van der Waals surface area (Å²) in [6.07, 6.45) is 6.56. The van der Waals surface area contributed by atoms with E-state index in [2.05, 4.69) is 5.32 Å². The van der Waals surface area contributed by atoms with Crippen molar-refractivity contribution in [1.29, 1.82) is 0 Å². The van der Waals surface area contributed by atoms with Gasteiger partial charge in [0, 0.05) is 18.4 Å². The van der Waals surface area contributed by atoms with E-state index in [1.54, 1.807) is 6.92 Å². The Labute approximate surface area is 133 Å². The third-order valence-corrected chi connectivity index (χ3v) is 3.63. The van der Waals surface area contributed by atoms with E-state index in [0.717, 1.165) is 11.8 Å². The van der Waals surface area contributed by atoms with Crippen molar-refractivity contribution >= 4 is 12.1 Å². The molecule has 1 amide bonds. The van der Waals surface area contributed by atoms with Crippen LogP contribution in [0.3, 0.4) is 0 Å². The molecular weight excluding hydrogens is 282 g/mol. The van der Waals surface area contributed by atoms with E-state index < -0.39 is 11.7 Å². The largest absolute Gasteiger partial charge is 0.466 e. The minimum atomic E-state index is -0.526. The molecule has 0 spiro atoms. The number of rotatable bonds is 4. The molecule has 1 N–H and O–H groups in total. The summed E-state index contributed by atoms with van der Waals surface area (Å²) >= 11 is 0. The number of hydrogen-bond acceptors (Lipinski definition) is 4. The lowest BCUT2D eigenvalue weighted by molar-refractivity contribution is -0.144. The molecule has 0 bridgehead atoms. The molecule has 0 aliphatic heterocycles. The SMILES string of the molecule is CCOC(=O)C[C@H]1C[C@@H](NC(=O)OC(C)(C)C)[C]2[CH][CH][CH][C]21. The zero-order chi connectivity index (χ0) is 16.3. The smallest absolute Gasteiger partial charge is 0.407 e. The summed E-state index contributed by atoms with van der Waals surface area (Å²) in [4.78, 5) is 23.7. The van der Waals surface area contributed by atoms with Gasteiger partial charge in [-0.05, 0) is 65.2 Å². The first kappa shape index (κ1) is 17.1. The van der Waals surface area contributed by atoms with Crippen molar-refractivity contribution in [3.8, 4) is 0 Å². The van der Waals surface area contributed by atoms with Crippen LogP contribution >= 0.6 is 0 Å². The average molecular weight is 306 g/mol. The van der Waals surface area contributed by atoms with E-state index in [0.29, 0.717) is 19.4 Å². The molecule has 2 fully saturated rings. The average Bonchev–Trinajstić information content (AvgIpc) is 2.93. The number of nitrogens with one attached hydrogen (secondary N) is 1. The number of carbonyl (C=O) groups excluding carboxylic acids is 2. The molecule has 5 radical (unpaired) electrons. The van der Waals surface area contributed by atoms with E-state index in [9.17, 15) is 9.59 Å². The predicted molar refractivity (Wildman–Crippen MR) is 81.9 cm³/mol. The summed E-state index contributed by atoms with van der Waals surface area (Å²) in [6, 6.07) is -0.112. The number of fused-ring (bicyclic) bond motifs is 1. The van der Waals surface area contributed by atoms with E-state index in [1.165, 1.54) is 0 Å². The maximum absolute atomic E-state index is 12.0. The summed E-state index contributed by atoms with van der Waals surface area (Å²) in [5.74, 6) is 2.08. The van der Waals surface area contributed by atoms with Gasteiger partial charge < -0.3 is 14.8 Å². The van der Waals surface area contributed by atoms with Crippen LogP contribution in [0.15, 0.2) is 0 Å². The Bertz CT molecular complexity index is 415. The number of ether oxygens (including phenoxy) is 2. The first-order valence-corrected chi connectivity index (χ1v) is 7.70. The van der Waals surface area contributed by atoms with Crippen LogP contribution in [0.1, 0.15) is 40.5 Å². The van der Waals surface area contributed by atoms with Crippen molar-refractivity contribution in [2.24, 2.45) is 5.92 Å². The zero-order valence-electron chi connectivity index (χ0n) is 13.6. The van der Waals surface area contributed by atoms with Crippen LogP contribution < -0.4 is 5.32 Å². The standard InChI is InChI=1S/C17H24NO4/c1-5-21-15(19)10-11-9-14(13-8-6-7-12(11)13)18-16(20)22-17(2,3)4/h6-8,11,14H,5,9-10H2,1-4H3,(H,18,20)/t11-,14-/m1/s1. The molecule has 2 rings (SSSR count). The molecule has 2 aliphatic rings. The first-order valence-electron chi connectivity index (χ1n) is 7.70. The molecule has 5 nitrogen and oxygen atoms in total. The van der Waals surface area contributed by atoms with Gasteiger partial charge in [0.25, 0.3) is 0 Å². The fourth-order valence-electron chi connectivity index (χ4n) is 2.88. The highest BCUT2D eigenvalue weighted by atomic mass is 16.6. The van der Waals surface area contributed by atoms with Gasteiger partial charge in [0.1, 0.15) is 5.60 Å². The first-order chi connectivity index (χ1) is 10.3. The molecule has 0 aromatic carbocycles. The molecular formula is C17H24NO4. The molecule has 121 valence electrons. The number of alkyl carbamates (subject to hydrolysis) is 1. The van der Waals surface area contributed by atoms with Crippen LogP contribution in [0.4, 0.5) is 4.79 Å². The van der Waals surface area contributed by atoms with Crippen LogP contribution in [0.5, 0.6) is 0 Å². The Morgan fingerprint density at radius 2 is 1.95 bits per heavy atom. The summed E-state index contributed by atoms with van der Waals surface area (Å²) in [7, 11) is 0. The summed E-state index contributed by atoms with van der Waals surface area (Å²) in [6.45, 7) is 7.68. The van der Waals surface area contributed by atoms with E-state index in [4.69, 9.17) is 9.47 Å². The Morgan fingerprint density at radius 3 is 2.59 bits per heavy atom. The number of amides is 1. The normalized spacial score (nSPS) is 25.8. The fourth-order valence-corrected chi connectivity index (χ4v) is 2.88. The summed E-state index contributed by atoms with van der Waals surface area (Å²) in [5.41, 5.74) is -0.526. The third-order valence-electron chi connectivity index (χ3n) is 3.63. The molecule has 0 heterocycles. The maximum Gasteiger partial charge on any atom is 0.407 e. The van der Waals surface area contributed by atoms with Gasteiger partial charge in [-0.1, -0.05) is 0 Å². The van der Waals surface area contributed by atoms with E-state index in [1.807, 2.05) is 40.0 Å². The van der Waals surface area contributed by atoms with Crippen LogP contribution in [-0.2, 0) is 14.3 Å². The van der Waals surface area contributed by atoms with Crippen molar-refractivity contribution in [3.05, 3.63) is 31.1 Å². The van der Waals surface area contributed by atoms with Gasteiger partial charge >= 0.3 is 12.1 Å². The second-order valence-electron chi connectivity index (χ2n) is 6.58. The second kappa shape index (κ2) is 6.88. The van der Waals surface area contributed by atoms with Gasteiger partial charge in [0.15, 0.2) is 0 Å². The highest BCUT2D eigenvalue weighted by Crippen LogP contribution is 2.50. The van der Waals surface area contributed by atoms with Crippen LogP contribution in [0.2, 0.25) is 0 Å². The zero-order valence-corrected chi connectivity index (χ0v) is 13.6. The number of carbonyl (C=O) groups is 2. The van der Waals surface area contributed by atoms with Crippen molar-refractivity contribution in [1.82, 2.24) is 5.32 Å². The minimum Gasteiger partial charge on any atom is -0.466 e.